The van der Waals surface area contributed by atoms with Gasteiger partial charge in [0.25, 0.3) is 0 Å². The standard InChI is InChI=1S/C15H20O4/c1-6(7(2)16)15(17)19-11-4-8-3-9(11)10-5-12-14(18-12)13(8)10/h7-14,16H,1,3-5H2,2H3. The molecule has 104 valence electrons. The first kappa shape index (κ1) is 11.9. The second kappa shape index (κ2) is 3.83. The Morgan fingerprint density at radius 2 is 2.16 bits per heavy atom. The number of hydrogen-bond acceptors (Lipinski definition) is 4. The number of epoxide rings is 1. The molecule has 1 aliphatic heterocycles. The van der Waals surface area contributed by atoms with Crippen LogP contribution in [-0.4, -0.2) is 35.5 Å². The molecule has 0 spiro atoms. The maximum atomic E-state index is 11.9. The summed E-state index contributed by atoms with van der Waals surface area (Å²) in [5, 5.41) is 9.37. The molecule has 4 fully saturated rings. The molecule has 4 aliphatic rings. The molecule has 0 aromatic carbocycles. The Balaban J connectivity index is 1.43. The summed E-state index contributed by atoms with van der Waals surface area (Å²) in [6.07, 6.45) is 3.53. The molecule has 4 nitrogen and oxygen atoms in total. The molecule has 0 radical (unpaired) electrons. The number of hydrogen-bond donors (Lipinski definition) is 1. The zero-order valence-corrected chi connectivity index (χ0v) is 11.1. The van der Waals surface area contributed by atoms with Crippen molar-refractivity contribution in [1.29, 1.82) is 0 Å². The first-order valence-electron chi connectivity index (χ1n) is 7.29. The Hall–Kier alpha value is -0.870. The fraction of sp³-hybridized carbons (Fsp3) is 0.800. The summed E-state index contributed by atoms with van der Waals surface area (Å²) in [6.45, 7) is 5.14. The van der Waals surface area contributed by atoms with E-state index in [4.69, 9.17) is 9.47 Å². The first-order valence-corrected chi connectivity index (χ1v) is 7.29. The van der Waals surface area contributed by atoms with Crippen molar-refractivity contribution in [2.24, 2.45) is 23.7 Å². The van der Waals surface area contributed by atoms with Gasteiger partial charge in [0, 0.05) is 0 Å². The average molecular weight is 264 g/mol. The number of rotatable bonds is 3. The van der Waals surface area contributed by atoms with Crippen LogP contribution in [-0.2, 0) is 14.3 Å². The molecular formula is C15H20O4. The molecular weight excluding hydrogens is 244 g/mol. The van der Waals surface area contributed by atoms with Crippen molar-refractivity contribution in [3.8, 4) is 0 Å². The summed E-state index contributed by atoms with van der Waals surface area (Å²) >= 11 is 0. The second-order valence-electron chi connectivity index (χ2n) is 6.66. The SMILES string of the molecule is C=C(C(=O)OC1CC2CC1C1CC3OC3C21)C(C)O. The lowest BCUT2D eigenvalue weighted by Gasteiger charge is -2.32. The van der Waals surface area contributed by atoms with Crippen molar-refractivity contribution in [1.82, 2.24) is 0 Å². The highest BCUT2D eigenvalue weighted by atomic mass is 16.6. The Labute approximate surface area is 112 Å². The minimum Gasteiger partial charge on any atom is -0.459 e. The van der Waals surface area contributed by atoms with E-state index in [1.165, 1.54) is 6.42 Å². The van der Waals surface area contributed by atoms with Gasteiger partial charge in [-0.2, -0.15) is 0 Å². The number of carbonyl (C=O) groups is 1. The quantitative estimate of drug-likeness (QED) is 0.474. The van der Waals surface area contributed by atoms with E-state index in [0.29, 0.717) is 30.0 Å². The van der Waals surface area contributed by atoms with Crippen molar-refractivity contribution in [3.05, 3.63) is 12.2 Å². The Morgan fingerprint density at radius 3 is 2.89 bits per heavy atom. The van der Waals surface area contributed by atoms with Gasteiger partial charge in [0.2, 0.25) is 0 Å². The van der Waals surface area contributed by atoms with Gasteiger partial charge in [-0.25, -0.2) is 4.79 Å². The Kier molecular flexibility index (Phi) is 2.40. The molecule has 2 bridgehead atoms. The molecule has 0 aromatic rings. The highest BCUT2D eigenvalue weighted by Gasteiger charge is 2.67. The number of ether oxygens (including phenoxy) is 2. The summed E-state index contributed by atoms with van der Waals surface area (Å²) in [7, 11) is 0. The molecule has 8 atom stereocenters. The van der Waals surface area contributed by atoms with Crippen LogP contribution in [0, 0.1) is 23.7 Å². The predicted octanol–water partition coefficient (Wildman–Crippen LogP) is 1.28. The van der Waals surface area contributed by atoms with Crippen LogP contribution in [0.2, 0.25) is 0 Å². The second-order valence-corrected chi connectivity index (χ2v) is 6.66. The number of carbonyl (C=O) groups excluding carboxylic acids is 1. The fourth-order valence-corrected chi connectivity index (χ4v) is 4.79. The third-order valence-corrected chi connectivity index (χ3v) is 5.71. The summed E-state index contributed by atoms with van der Waals surface area (Å²) in [4.78, 5) is 11.9. The van der Waals surface area contributed by atoms with E-state index in [0.717, 1.165) is 18.8 Å². The zero-order chi connectivity index (χ0) is 13.3. The third kappa shape index (κ3) is 1.62. The van der Waals surface area contributed by atoms with E-state index in [2.05, 4.69) is 6.58 Å². The molecule has 4 rings (SSSR count). The first-order chi connectivity index (χ1) is 9.06. The van der Waals surface area contributed by atoms with Gasteiger partial charge in [-0.1, -0.05) is 6.58 Å². The summed E-state index contributed by atoms with van der Waals surface area (Å²) < 4.78 is 11.2. The van der Waals surface area contributed by atoms with E-state index in [1.807, 2.05) is 0 Å². The molecule has 0 amide bonds. The molecule has 1 heterocycles. The van der Waals surface area contributed by atoms with Crippen molar-refractivity contribution in [2.75, 3.05) is 0 Å². The van der Waals surface area contributed by atoms with Crippen molar-refractivity contribution in [2.45, 2.75) is 50.6 Å². The van der Waals surface area contributed by atoms with Crippen LogP contribution in [0.4, 0.5) is 0 Å². The number of fused-ring (bicyclic) bond motifs is 7. The van der Waals surface area contributed by atoms with E-state index in [1.54, 1.807) is 6.92 Å². The monoisotopic (exact) mass is 264 g/mol. The lowest BCUT2D eigenvalue weighted by Crippen LogP contribution is -2.35. The minimum absolute atomic E-state index is 0.0340. The van der Waals surface area contributed by atoms with Crippen LogP contribution >= 0.6 is 0 Å². The van der Waals surface area contributed by atoms with Gasteiger partial charge in [0.05, 0.1) is 23.9 Å². The topological polar surface area (TPSA) is 59.1 Å². The van der Waals surface area contributed by atoms with Crippen LogP contribution in [0.1, 0.15) is 26.2 Å². The van der Waals surface area contributed by atoms with Gasteiger partial charge in [0.1, 0.15) is 6.10 Å². The smallest absolute Gasteiger partial charge is 0.336 e. The molecule has 4 heteroatoms. The average Bonchev–Trinajstić information content (AvgIpc) is 2.75. The normalized spacial score (nSPS) is 50.5. The van der Waals surface area contributed by atoms with E-state index < -0.39 is 12.1 Å². The van der Waals surface area contributed by atoms with Crippen molar-refractivity contribution >= 4 is 5.97 Å². The zero-order valence-electron chi connectivity index (χ0n) is 11.1. The van der Waals surface area contributed by atoms with Gasteiger partial charge in [-0.15, -0.1) is 0 Å². The highest BCUT2D eigenvalue weighted by Crippen LogP contribution is 2.64. The van der Waals surface area contributed by atoms with Crippen LogP contribution in [0.5, 0.6) is 0 Å². The van der Waals surface area contributed by atoms with Crippen LogP contribution in [0.25, 0.3) is 0 Å². The van der Waals surface area contributed by atoms with Crippen LogP contribution < -0.4 is 0 Å². The highest BCUT2D eigenvalue weighted by molar-refractivity contribution is 5.88. The molecule has 3 saturated carbocycles. The van der Waals surface area contributed by atoms with Crippen molar-refractivity contribution < 1.29 is 19.4 Å². The molecule has 19 heavy (non-hydrogen) atoms. The number of aliphatic hydroxyl groups is 1. The maximum Gasteiger partial charge on any atom is 0.336 e. The Morgan fingerprint density at radius 1 is 1.37 bits per heavy atom. The predicted molar refractivity (Wildman–Crippen MR) is 67.2 cm³/mol. The maximum absolute atomic E-state index is 11.9. The van der Waals surface area contributed by atoms with Crippen molar-refractivity contribution in [3.63, 3.8) is 0 Å². The molecule has 8 unspecified atom stereocenters. The summed E-state index contributed by atoms with van der Waals surface area (Å²) in [6, 6.07) is 0. The molecule has 0 aromatic heterocycles. The molecule has 3 aliphatic carbocycles. The van der Waals surface area contributed by atoms with Gasteiger partial charge in [-0.3, -0.25) is 0 Å². The summed E-state index contributed by atoms with van der Waals surface area (Å²) in [5.74, 6) is 2.18. The lowest BCUT2D eigenvalue weighted by molar-refractivity contribution is -0.149. The van der Waals surface area contributed by atoms with Gasteiger partial charge >= 0.3 is 5.97 Å². The molecule has 1 saturated heterocycles. The van der Waals surface area contributed by atoms with Gasteiger partial charge < -0.3 is 14.6 Å². The number of aliphatic hydroxyl groups excluding tert-OH is 1. The van der Waals surface area contributed by atoms with Gasteiger partial charge in [-0.05, 0) is 49.9 Å². The van der Waals surface area contributed by atoms with E-state index in [-0.39, 0.29) is 11.7 Å². The minimum atomic E-state index is -0.827. The van der Waals surface area contributed by atoms with Crippen LogP contribution in [0.15, 0.2) is 12.2 Å². The Bertz CT molecular complexity index is 443. The third-order valence-electron chi connectivity index (χ3n) is 5.71. The van der Waals surface area contributed by atoms with Gasteiger partial charge in [0.15, 0.2) is 0 Å². The lowest BCUT2D eigenvalue weighted by atomic mass is 9.79. The fourth-order valence-electron chi connectivity index (χ4n) is 4.79. The summed E-state index contributed by atoms with van der Waals surface area (Å²) in [5.41, 5.74) is 0.164. The largest absolute Gasteiger partial charge is 0.459 e. The van der Waals surface area contributed by atoms with E-state index >= 15 is 0 Å². The molecule has 1 N–H and O–H groups in total. The van der Waals surface area contributed by atoms with E-state index in [9.17, 15) is 9.90 Å². The van der Waals surface area contributed by atoms with Crippen LogP contribution in [0.3, 0.4) is 0 Å². The number of esters is 1.